The van der Waals surface area contributed by atoms with Crippen molar-refractivity contribution in [3.8, 4) is 0 Å². The van der Waals surface area contributed by atoms with Gasteiger partial charge in [-0.1, -0.05) is 13.8 Å². The monoisotopic (exact) mass is 223 g/mol. The van der Waals surface area contributed by atoms with Crippen molar-refractivity contribution < 1.29 is 0 Å². The minimum atomic E-state index is 0.100. The zero-order valence-corrected chi connectivity index (χ0v) is 10.4. The van der Waals surface area contributed by atoms with E-state index in [9.17, 15) is 0 Å². The molecule has 0 bridgehead atoms. The molecule has 0 unspecified atom stereocenters. The number of aromatic nitrogens is 1. The van der Waals surface area contributed by atoms with Gasteiger partial charge in [-0.2, -0.15) is 0 Å². The third-order valence-electron chi connectivity index (χ3n) is 1.92. The molecule has 1 aromatic rings. The number of hydrogen-bond acceptors (Lipinski definition) is 3. The normalized spacial score (nSPS) is 10.7. The Morgan fingerprint density at radius 3 is 2.53 bits per heavy atom. The second-order valence-electron chi connectivity index (χ2n) is 3.80. The van der Waals surface area contributed by atoms with Gasteiger partial charge in [0.1, 0.15) is 5.84 Å². The molecule has 15 heavy (non-hydrogen) atoms. The first-order valence-corrected chi connectivity index (χ1v) is 5.79. The molecule has 1 heterocycles. The van der Waals surface area contributed by atoms with Gasteiger partial charge < -0.3 is 5.73 Å². The number of aryl methyl sites for hydroxylation is 2. The third kappa shape index (κ3) is 2.96. The molecule has 0 amide bonds. The maximum atomic E-state index is 7.56. The first-order valence-electron chi connectivity index (χ1n) is 4.91. The summed E-state index contributed by atoms with van der Waals surface area (Å²) in [6.07, 6.45) is 0. The summed E-state index contributed by atoms with van der Waals surface area (Å²) in [6, 6.07) is 1.99. The van der Waals surface area contributed by atoms with Crippen molar-refractivity contribution in [3.63, 3.8) is 0 Å². The van der Waals surface area contributed by atoms with E-state index in [0.29, 0.717) is 5.25 Å². The molecule has 4 heteroatoms. The Kier molecular flexibility index (Phi) is 3.74. The van der Waals surface area contributed by atoms with Crippen molar-refractivity contribution in [2.45, 2.75) is 37.8 Å². The Balaban J connectivity index is 3.27. The molecule has 82 valence electrons. The van der Waals surface area contributed by atoms with Crippen molar-refractivity contribution >= 4 is 17.6 Å². The first-order chi connectivity index (χ1) is 6.91. The number of pyridine rings is 1. The molecule has 1 rings (SSSR count). The molecular formula is C11H17N3S. The average molecular weight is 223 g/mol. The molecule has 0 spiro atoms. The van der Waals surface area contributed by atoms with Crippen LogP contribution in [0.4, 0.5) is 0 Å². The summed E-state index contributed by atoms with van der Waals surface area (Å²) in [7, 11) is 0. The highest BCUT2D eigenvalue weighted by Crippen LogP contribution is 2.28. The van der Waals surface area contributed by atoms with E-state index in [1.807, 2.05) is 19.9 Å². The zero-order chi connectivity index (χ0) is 11.6. The van der Waals surface area contributed by atoms with E-state index in [2.05, 4.69) is 18.8 Å². The molecule has 0 aliphatic heterocycles. The van der Waals surface area contributed by atoms with Crippen LogP contribution in [0.25, 0.3) is 0 Å². The summed E-state index contributed by atoms with van der Waals surface area (Å²) in [5.74, 6) is 0.100. The van der Waals surface area contributed by atoms with Gasteiger partial charge in [-0.15, -0.1) is 11.8 Å². The summed E-state index contributed by atoms with van der Waals surface area (Å²) in [6.45, 7) is 8.11. The summed E-state index contributed by atoms with van der Waals surface area (Å²) >= 11 is 1.72. The molecule has 1 aromatic heterocycles. The van der Waals surface area contributed by atoms with Crippen LogP contribution in [0.2, 0.25) is 0 Å². The Morgan fingerprint density at radius 2 is 2.07 bits per heavy atom. The van der Waals surface area contributed by atoms with Gasteiger partial charge in [0.15, 0.2) is 0 Å². The maximum Gasteiger partial charge on any atom is 0.125 e. The first kappa shape index (κ1) is 12.0. The van der Waals surface area contributed by atoms with Gasteiger partial charge in [0.05, 0.1) is 5.56 Å². The Morgan fingerprint density at radius 1 is 1.47 bits per heavy atom. The van der Waals surface area contributed by atoms with E-state index in [4.69, 9.17) is 11.1 Å². The van der Waals surface area contributed by atoms with Gasteiger partial charge in [0, 0.05) is 21.5 Å². The van der Waals surface area contributed by atoms with E-state index >= 15 is 0 Å². The van der Waals surface area contributed by atoms with Crippen LogP contribution < -0.4 is 5.73 Å². The number of hydrogen-bond donors (Lipinski definition) is 2. The largest absolute Gasteiger partial charge is 0.384 e. The molecule has 0 aliphatic rings. The van der Waals surface area contributed by atoms with Crippen LogP contribution >= 0.6 is 11.8 Å². The third-order valence-corrected chi connectivity index (χ3v) is 2.97. The van der Waals surface area contributed by atoms with E-state index in [0.717, 1.165) is 21.8 Å². The Labute approximate surface area is 95.0 Å². The summed E-state index contributed by atoms with van der Waals surface area (Å²) in [5, 5.41) is 8.03. The lowest BCUT2D eigenvalue weighted by molar-refractivity contribution is 1.06. The topological polar surface area (TPSA) is 62.8 Å². The fourth-order valence-electron chi connectivity index (χ4n) is 1.47. The van der Waals surface area contributed by atoms with Crippen LogP contribution in [0, 0.1) is 19.3 Å². The highest BCUT2D eigenvalue weighted by Gasteiger charge is 2.12. The summed E-state index contributed by atoms with van der Waals surface area (Å²) in [5.41, 5.74) is 8.16. The summed E-state index contributed by atoms with van der Waals surface area (Å²) in [4.78, 5) is 5.39. The Hall–Kier alpha value is -1.03. The molecule has 0 fully saturated rings. The lowest BCUT2D eigenvalue weighted by atomic mass is 10.1. The zero-order valence-electron chi connectivity index (χ0n) is 9.59. The van der Waals surface area contributed by atoms with Gasteiger partial charge in [-0.25, -0.2) is 0 Å². The molecule has 0 aliphatic carbocycles. The van der Waals surface area contributed by atoms with Gasteiger partial charge in [0.2, 0.25) is 0 Å². The number of nitrogens with zero attached hydrogens (tertiary/aromatic N) is 1. The molecule has 0 saturated heterocycles. The van der Waals surface area contributed by atoms with Crippen LogP contribution in [0.3, 0.4) is 0 Å². The molecular weight excluding hydrogens is 206 g/mol. The van der Waals surface area contributed by atoms with Gasteiger partial charge in [-0.3, -0.25) is 10.4 Å². The van der Waals surface area contributed by atoms with E-state index in [1.54, 1.807) is 11.8 Å². The lowest BCUT2D eigenvalue weighted by Crippen LogP contribution is -2.16. The van der Waals surface area contributed by atoms with Crippen molar-refractivity contribution in [1.29, 1.82) is 5.41 Å². The van der Waals surface area contributed by atoms with Gasteiger partial charge >= 0.3 is 0 Å². The average Bonchev–Trinajstić information content (AvgIpc) is 1.99. The summed E-state index contributed by atoms with van der Waals surface area (Å²) < 4.78 is 0. The number of thioether (sulfide) groups is 1. The van der Waals surface area contributed by atoms with Crippen molar-refractivity contribution in [3.05, 3.63) is 23.0 Å². The highest BCUT2D eigenvalue weighted by molar-refractivity contribution is 8.00. The van der Waals surface area contributed by atoms with Gasteiger partial charge in [0.25, 0.3) is 0 Å². The fourth-order valence-corrected chi connectivity index (χ4v) is 2.59. The van der Waals surface area contributed by atoms with Crippen LogP contribution in [-0.4, -0.2) is 16.1 Å². The predicted molar refractivity (Wildman–Crippen MR) is 65.7 cm³/mol. The van der Waals surface area contributed by atoms with Crippen LogP contribution in [0.5, 0.6) is 0 Å². The van der Waals surface area contributed by atoms with E-state index < -0.39 is 0 Å². The molecule has 3 nitrogen and oxygen atoms in total. The SMILES string of the molecule is Cc1cc(SC(C)C)c(C(=N)N)c(C)n1. The quantitative estimate of drug-likeness (QED) is 0.470. The number of rotatable bonds is 3. The number of nitrogens with two attached hydrogens (primary N) is 1. The second kappa shape index (κ2) is 4.66. The second-order valence-corrected chi connectivity index (χ2v) is 5.42. The van der Waals surface area contributed by atoms with Crippen molar-refractivity contribution in [2.24, 2.45) is 5.73 Å². The molecule has 0 saturated carbocycles. The van der Waals surface area contributed by atoms with E-state index in [-0.39, 0.29) is 5.84 Å². The van der Waals surface area contributed by atoms with Gasteiger partial charge in [-0.05, 0) is 19.9 Å². The van der Waals surface area contributed by atoms with Crippen LogP contribution in [0.15, 0.2) is 11.0 Å². The minimum Gasteiger partial charge on any atom is -0.384 e. The van der Waals surface area contributed by atoms with Crippen molar-refractivity contribution in [2.75, 3.05) is 0 Å². The fraction of sp³-hybridized carbons (Fsp3) is 0.455. The molecule has 0 radical (unpaired) electrons. The smallest absolute Gasteiger partial charge is 0.125 e. The Bertz CT molecular complexity index is 386. The number of nitrogen functional groups attached to an aromatic ring is 1. The van der Waals surface area contributed by atoms with Crippen LogP contribution in [-0.2, 0) is 0 Å². The number of amidine groups is 1. The minimum absolute atomic E-state index is 0.100. The molecule has 3 N–H and O–H groups in total. The maximum absolute atomic E-state index is 7.56. The van der Waals surface area contributed by atoms with Crippen LogP contribution in [0.1, 0.15) is 30.8 Å². The van der Waals surface area contributed by atoms with E-state index in [1.165, 1.54) is 0 Å². The number of nitrogens with one attached hydrogen (secondary N) is 1. The molecule has 0 atom stereocenters. The predicted octanol–water partition coefficient (Wildman–Crippen LogP) is 2.48. The highest BCUT2D eigenvalue weighted by atomic mass is 32.2. The standard InChI is InChI=1S/C11H17N3S/c1-6(2)15-9-5-7(3)14-8(4)10(9)11(12)13/h5-6H,1-4H3,(H3,12,13). The van der Waals surface area contributed by atoms with Crippen molar-refractivity contribution in [1.82, 2.24) is 4.98 Å². The lowest BCUT2D eigenvalue weighted by Gasteiger charge is -2.13. The molecule has 0 aromatic carbocycles.